The van der Waals surface area contributed by atoms with Crippen LogP contribution in [0, 0.1) is 12.8 Å². The van der Waals surface area contributed by atoms with Crippen molar-refractivity contribution in [1.29, 1.82) is 0 Å². The predicted molar refractivity (Wildman–Crippen MR) is 83.9 cm³/mol. The van der Waals surface area contributed by atoms with Crippen LogP contribution in [0.2, 0.25) is 0 Å². The number of rotatable bonds is 2. The number of piperidine rings is 1. The van der Waals surface area contributed by atoms with Gasteiger partial charge in [0.2, 0.25) is 0 Å². The normalized spacial score (nSPS) is 20.6. The van der Waals surface area contributed by atoms with E-state index in [-0.39, 0.29) is 18.1 Å². The molecule has 1 aliphatic heterocycles. The molecule has 20 heavy (non-hydrogen) atoms. The maximum atomic E-state index is 12.2. The summed E-state index contributed by atoms with van der Waals surface area (Å²) in [5.74, 6) is 0.180. The zero-order chi connectivity index (χ0) is 14.7. The quantitative estimate of drug-likeness (QED) is 0.866. The van der Waals surface area contributed by atoms with Gasteiger partial charge in [0, 0.05) is 29.2 Å². The maximum Gasteiger partial charge on any atom is 0.321 e. The first-order valence-corrected chi connectivity index (χ1v) is 7.77. The van der Waals surface area contributed by atoms with Crippen LogP contribution in [-0.2, 0) is 0 Å². The number of nitrogens with zero attached hydrogens (tertiary/aromatic N) is 1. The summed E-state index contributed by atoms with van der Waals surface area (Å²) in [7, 11) is 0. The molecule has 1 fully saturated rings. The average molecular weight is 341 g/mol. The fraction of sp³-hybridized carbons (Fsp3) is 0.533. The van der Waals surface area contributed by atoms with E-state index in [0.717, 1.165) is 35.1 Å². The second-order valence-electron chi connectivity index (χ2n) is 5.48. The van der Waals surface area contributed by atoms with Crippen LogP contribution in [0.1, 0.15) is 25.3 Å². The summed E-state index contributed by atoms with van der Waals surface area (Å²) in [5.41, 5.74) is 1.92. The summed E-state index contributed by atoms with van der Waals surface area (Å²) in [4.78, 5) is 14.0. The van der Waals surface area contributed by atoms with E-state index in [9.17, 15) is 9.90 Å². The number of carbonyl (C=O) groups excluding carboxylic acids is 1. The molecule has 1 saturated heterocycles. The zero-order valence-electron chi connectivity index (χ0n) is 11.9. The molecule has 1 aromatic carbocycles. The molecule has 4 nitrogen and oxygen atoms in total. The first kappa shape index (κ1) is 15.3. The number of amides is 2. The van der Waals surface area contributed by atoms with Crippen LogP contribution in [0.4, 0.5) is 10.5 Å². The largest absolute Gasteiger partial charge is 0.393 e. The van der Waals surface area contributed by atoms with Gasteiger partial charge in [0.05, 0.1) is 6.10 Å². The van der Waals surface area contributed by atoms with Crippen LogP contribution < -0.4 is 5.32 Å². The number of aliphatic hydroxyl groups is 1. The van der Waals surface area contributed by atoms with Gasteiger partial charge < -0.3 is 15.3 Å². The number of hydrogen-bond donors (Lipinski definition) is 2. The van der Waals surface area contributed by atoms with Crippen molar-refractivity contribution in [1.82, 2.24) is 4.90 Å². The molecule has 0 spiro atoms. The highest BCUT2D eigenvalue weighted by atomic mass is 79.9. The molecule has 2 N–H and O–H groups in total. The van der Waals surface area contributed by atoms with E-state index in [1.54, 1.807) is 11.8 Å². The van der Waals surface area contributed by atoms with Crippen molar-refractivity contribution in [2.45, 2.75) is 32.8 Å². The Bertz CT molecular complexity index is 491. The van der Waals surface area contributed by atoms with Crippen LogP contribution in [0.5, 0.6) is 0 Å². The molecule has 110 valence electrons. The Hall–Kier alpha value is -1.07. The van der Waals surface area contributed by atoms with E-state index >= 15 is 0 Å². The van der Waals surface area contributed by atoms with E-state index in [4.69, 9.17) is 0 Å². The molecule has 2 amide bonds. The molecule has 0 saturated carbocycles. The molecular weight excluding hydrogens is 320 g/mol. The maximum absolute atomic E-state index is 12.2. The van der Waals surface area contributed by atoms with E-state index in [2.05, 4.69) is 21.2 Å². The second kappa shape index (κ2) is 6.59. The average Bonchev–Trinajstić information content (AvgIpc) is 2.43. The SMILES string of the molecule is Cc1ccc(NC(=O)N2CCCC(C(C)O)C2)cc1Br. The molecule has 2 rings (SSSR count). The number of benzene rings is 1. The summed E-state index contributed by atoms with van der Waals surface area (Å²) in [5, 5.41) is 12.6. The highest BCUT2D eigenvalue weighted by Gasteiger charge is 2.26. The van der Waals surface area contributed by atoms with Crippen LogP contribution in [0.15, 0.2) is 22.7 Å². The number of anilines is 1. The van der Waals surface area contributed by atoms with Crippen LogP contribution in [0.25, 0.3) is 0 Å². The molecule has 5 heteroatoms. The van der Waals surface area contributed by atoms with Gasteiger partial charge >= 0.3 is 6.03 Å². The van der Waals surface area contributed by atoms with Gasteiger partial charge in [-0.05, 0) is 44.4 Å². The number of urea groups is 1. The molecule has 1 aliphatic rings. The van der Waals surface area contributed by atoms with Crippen molar-refractivity contribution in [3.05, 3.63) is 28.2 Å². The lowest BCUT2D eigenvalue weighted by Gasteiger charge is -2.34. The number of carbonyl (C=O) groups is 1. The minimum Gasteiger partial charge on any atom is -0.393 e. The predicted octanol–water partition coefficient (Wildman–Crippen LogP) is 3.38. The van der Waals surface area contributed by atoms with Crippen molar-refractivity contribution in [3.8, 4) is 0 Å². The van der Waals surface area contributed by atoms with Crippen molar-refractivity contribution < 1.29 is 9.90 Å². The summed E-state index contributed by atoms with van der Waals surface area (Å²) in [6, 6.07) is 5.68. The lowest BCUT2D eigenvalue weighted by atomic mass is 9.94. The number of halogens is 1. The van der Waals surface area contributed by atoms with Gasteiger partial charge in [0.25, 0.3) is 0 Å². The van der Waals surface area contributed by atoms with Gasteiger partial charge in [-0.15, -0.1) is 0 Å². The van der Waals surface area contributed by atoms with Crippen molar-refractivity contribution in [2.24, 2.45) is 5.92 Å². The van der Waals surface area contributed by atoms with Crippen molar-refractivity contribution >= 4 is 27.6 Å². The minimum atomic E-state index is -0.362. The Kier molecular flexibility index (Phi) is 5.05. The summed E-state index contributed by atoms with van der Waals surface area (Å²) >= 11 is 3.46. The summed E-state index contributed by atoms with van der Waals surface area (Å²) < 4.78 is 0.982. The molecule has 1 aromatic rings. The number of likely N-dealkylation sites (tertiary alicyclic amines) is 1. The second-order valence-corrected chi connectivity index (χ2v) is 6.34. The fourth-order valence-electron chi connectivity index (χ4n) is 2.46. The highest BCUT2D eigenvalue weighted by Crippen LogP contribution is 2.23. The summed E-state index contributed by atoms with van der Waals surface area (Å²) in [6.45, 7) is 5.18. The number of aliphatic hydroxyl groups excluding tert-OH is 1. The van der Waals surface area contributed by atoms with Gasteiger partial charge in [-0.1, -0.05) is 22.0 Å². The van der Waals surface area contributed by atoms with E-state index in [1.807, 2.05) is 25.1 Å². The summed E-state index contributed by atoms with van der Waals surface area (Å²) in [6.07, 6.45) is 1.57. The van der Waals surface area contributed by atoms with Gasteiger partial charge in [0.1, 0.15) is 0 Å². The molecular formula is C15H21BrN2O2. The lowest BCUT2D eigenvalue weighted by Crippen LogP contribution is -2.44. The topological polar surface area (TPSA) is 52.6 Å². The molecule has 2 atom stereocenters. The molecule has 0 radical (unpaired) electrons. The van der Waals surface area contributed by atoms with E-state index in [1.165, 1.54) is 0 Å². The lowest BCUT2D eigenvalue weighted by molar-refractivity contribution is 0.0766. The molecule has 1 heterocycles. The first-order chi connectivity index (χ1) is 9.47. The fourth-order valence-corrected chi connectivity index (χ4v) is 2.84. The molecule has 0 bridgehead atoms. The Labute approximate surface area is 128 Å². The molecule has 0 aliphatic carbocycles. The first-order valence-electron chi connectivity index (χ1n) is 6.97. The van der Waals surface area contributed by atoms with Crippen LogP contribution >= 0.6 is 15.9 Å². The Morgan fingerprint density at radius 3 is 2.95 bits per heavy atom. The monoisotopic (exact) mass is 340 g/mol. The zero-order valence-corrected chi connectivity index (χ0v) is 13.5. The third-order valence-corrected chi connectivity index (χ3v) is 4.70. The molecule has 0 aromatic heterocycles. The Balaban J connectivity index is 1.98. The standard InChI is InChI=1S/C15H21BrN2O2/c1-10-5-6-13(8-14(10)16)17-15(20)18-7-3-4-12(9-18)11(2)19/h5-6,8,11-12,19H,3-4,7,9H2,1-2H3,(H,17,20). The van der Waals surface area contributed by atoms with Gasteiger partial charge in [-0.2, -0.15) is 0 Å². The number of hydrogen-bond acceptors (Lipinski definition) is 2. The van der Waals surface area contributed by atoms with Gasteiger partial charge in [-0.3, -0.25) is 0 Å². The number of aryl methyl sites for hydroxylation is 1. The number of nitrogens with one attached hydrogen (secondary N) is 1. The minimum absolute atomic E-state index is 0.0916. The van der Waals surface area contributed by atoms with E-state index in [0.29, 0.717) is 6.54 Å². The van der Waals surface area contributed by atoms with Crippen LogP contribution in [-0.4, -0.2) is 35.2 Å². The smallest absolute Gasteiger partial charge is 0.321 e. The van der Waals surface area contributed by atoms with Gasteiger partial charge in [0.15, 0.2) is 0 Å². The highest BCUT2D eigenvalue weighted by molar-refractivity contribution is 9.10. The third kappa shape index (κ3) is 3.73. The Morgan fingerprint density at radius 2 is 2.30 bits per heavy atom. The van der Waals surface area contributed by atoms with E-state index < -0.39 is 0 Å². The third-order valence-electron chi connectivity index (χ3n) is 3.85. The van der Waals surface area contributed by atoms with Gasteiger partial charge in [-0.25, -0.2) is 4.79 Å². The Morgan fingerprint density at radius 1 is 1.55 bits per heavy atom. The van der Waals surface area contributed by atoms with Crippen molar-refractivity contribution in [2.75, 3.05) is 18.4 Å². The van der Waals surface area contributed by atoms with Crippen molar-refractivity contribution in [3.63, 3.8) is 0 Å². The molecule has 2 unspecified atom stereocenters. The van der Waals surface area contributed by atoms with Crippen LogP contribution in [0.3, 0.4) is 0 Å².